The standard InChI is InChI=1S/C5H6N2/c6-5-2-1-4-3-7(4)5/h1-2,4,6H,3H2. The SMILES string of the molecule is N=C1C=CC2CN12. The van der Waals surface area contributed by atoms with Gasteiger partial charge >= 0.3 is 0 Å². The van der Waals surface area contributed by atoms with Crippen LogP contribution in [0.4, 0.5) is 0 Å². The molecule has 0 amide bonds. The van der Waals surface area contributed by atoms with E-state index in [1.54, 1.807) is 0 Å². The van der Waals surface area contributed by atoms with Gasteiger partial charge in [0, 0.05) is 6.54 Å². The van der Waals surface area contributed by atoms with Gasteiger partial charge in [-0.1, -0.05) is 6.08 Å². The Hall–Kier alpha value is -0.790. The number of fused-ring (bicyclic) bond motifs is 1. The van der Waals surface area contributed by atoms with Gasteiger partial charge in [-0.2, -0.15) is 0 Å². The first-order valence-electron chi connectivity index (χ1n) is 2.41. The molecule has 0 aromatic heterocycles. The van der Waals surface area contributed by atoms with Gasteiger partial charge in [-0.15, -0.1) is 0 Å². The first kappa shape index (κ1) is 3.24. The Morgan fingerprint density at radius 2 is 2.71 bits per heavy atom. The Morgan fingerprint density at radius 1 is 1.86 bits per heavy atom. The molecule has 0 spiro atoms. The van der Waals surface area contributed by atoms with Crippen LogP contribution in [0, 0.1) is 5.41 Å². The number of hydrogen-bond donors (Lipinski definition) is 1. The van der Waals surface area contributed by atoms with Crippen LogP contribution < -0.4 is 0 Å². The fourth-order valence-corrected chi connectivity index (χ4v) is 0.894. The van der Waals surface area contributed by atoms with Gasteiger partial charge in [0.05, 0.1) is 6.04 Å². The van der Waals surface area contributed by atoms with Gasteiger partial charge in [-0.25, -0.2) is 0 Å². The van der Waals surface area contributed by atoms with Crippen molar-refractivity contribution in [2.75, 3.05) is 6.54 Å². The lowest BCUT2D eigenvalue weighted by Crippen LogP contribution is -2.01. The van der Waals surface area contributed by atoms with Gasteiger partial charge in [0.15, 0.2) is 0 Å². The van der Waals surface area contributed by atoms with Gasteiger partial charge in [0.2, 0.25) is 0 Å². The molecule has 0 aromatic rings. The van der Waals surface area contributed by atoms with E-state index in [1.807, 2.05) is 11.0 Å². The average Bonchev–Trinajstić information content (AvgIpc) is 2.33. The normalized spacial score (nSPS) is 34.0. The summed E-state index contributed by atoms with van der Waals surface area (Å²) in [6.45, 7) is 1.09. The molecule has 0 radical (unpaired) electrons. The minimum atomic E-state index is 0.618. The van der Waals surface area contributed by atoms with E-state index in [4.69, 9.17) is 5.41 Å². The lowest BCUT2D eigenvalue weighted by Gasteiger charge is -1.89. The monoisotopic (exact) mass is 94.1 g/mol. The van der Waals surface area contributed by atoms with Crippen molar-refractivity contribution in [3.63, 3.8) is 0 Å². The summed E-state index contributed by atoms with van der Waals surface area (Å²) in [5, 5.41) is 7.14. The lowest BCUT2D eigenvalue weighted by molar-refractivity contribution is 0.813. The second-order valence-corrected chi connectivity index (χ2v) is 1.96. The molecule has 2 rings (SSSR count). The molecule has 1 unspecified atom stereocenters. The van der Waals surface area contributed by atoms with Crippen LogP contribution in [0.25, 0.3) is 0 Å². The van der Waals surface area contributed by atoms with Crippen LogP contribution in [0.1, 0.15) is 0 Å². The van der Waals surface area contributed by atoms with Crippen LogP contribution in [-0.2, 0) is 0 Å². The predicted octanol–water partition coefficient (Wildman–Crippen LogP) is 0.218. The van der Waals surface area contributed by atoms with Gasteiger partial charge < -0.3 is 4.90 Å². The Morgan fingerprint density at radius 3 is 2.86 bits per heavy atom. The van der Waals surface area contributed by atoms with E-state index in [0.717, 1.165) is 6.54 Å². The minimum absolute atomic E-state index is 0.618. The highest BCUT2D eigenvalue weighted by molar-refractivity contribution is 5.95. The summed E-state index contributed by atoms with van der Waals surface area (Å²) in [6.07, 6.45) is 3.93. The van der Waals surface area contributed by atoms with Crippen molar-refractivity contribution >= 4 is 5.84 Å². The number of hydrogen-bond acceptors (Lipinski definition) is 1. The van der Waals surface area contributed by atoms with Crippen molar-refractivity contribution in [1.29, 1.82) is 5.41 Å². The lowest BCUT2D eigenvalue weighted by atomic mass is 10.4. The van der Waals surface area contributed by atoms with Crippen LogP contribution in [0.2, 0.25) is 0 Å². The van der Waals surface area contributed by atoms with E-state index in [-0.39, 0.29) is 0 Å². The first-order valence-corrected chi connectivity index (χ1v) is 2.41. The minimum Gasteiger partial charge on any atom is -0.346 e. The number of nitrogens with zero attached hydrogens (tertiary/aromatic N) is 1. The van der Waals surface area contributed by atoms with Crippen LogP contribution in [-0.4, -0.2) is 23.3 Å². The van der Waals surface area contributed by atoms with Crippen LogP contribution in [0.15, 0.2) is 12.2 Å². The third-order valence-electron chi connectivity index (χ3n) is 1.44. The van der Waals surface area contributed by atoms with E-state index in [1.165, 1.54) is 0 Å². The molecule has 1 fully saturated rings. The van der Waals surface area contributed by atoms with Crippen molar-refractivity contribution < 1.29 is 0 Å². The molecule has 7 heavy (non-hydrogen) atoms. The van der Waals surface area contributed by atoms with E-state index in [0.29, 0.717) is 11.9 Å². The summed E-state index contributed by atoms with van der Waals surface area (Å²) < 4.78 is 0. The van der Waals surface area contributed by atoms with E-state index >= 15 is 0 Å². The molecule has 1 N–H and O–H groups in total. The fourth-order valence-electron chi connectivity index (χ4n) is 0.894. The quantitative estimate of drug-likeness (QED) is 0.427. The summed E-state index contributed by atoms with van der Waals surface area (Å²) in [7, 11) is 0. The third kappa shape index (κ3) is 0.266. The molecule has 36 valence electrons. The molecule has 0 aliphatic carbocycles. The molecule has 1 saturated heterocycles. The molecule has 2 heterocycles. The van der Waals surface area contributed by atoms with E-state index in [2.05, 4.69) is 6.08 Å². The zero-order valence-electron chi connectivity index (χ0n) is 3.89. The van der Waals surface area contributed by atoms with Gasteiger partial charge in [0.1, 0.15) is 5.84 Å². The number of rotatable bonds is 0. The van der Waals surface area contributed by atoms with Gasteiger partial charge in [-0.3, -0.25) is 5.41 Å². The Balaban J connectivity index is 2.37. The molecule has 0 bridgehead atoms. The Labute approximate surface area is 41.9 Å². The Bertz CT molecular complexity index is 148. The molecular formula is C5H6N2. The third-order valence-corrected chi connectivity index (χ3v) is 1.44. The maximum atomic E-state index is 7.14. The number of nitrogens with one attached hydrogen (secondary N) is 1. The zero-order chi connectivity index (χ0) is 4.85. The topological polar surface area (TPSA) is 26.9 Å². The summed E-state index contributed by atoms with van der Waals surface area (Å²) >= 11 is 0. The molecule has 2 heteroatoms. The first-order chi connectivity index (χ1) is 3.38. The highest BCUT2D eigenvalue weighted by Crippen LogP contribution is 2.24. The molecule has 2 nitrogen and oxygen atoms in total. The zero-order valence-corrected chi connectivity index (χ0v) is 3.89. The van der Waals surface area contributed by atoms with Crippen molar-refractivity contribution in [2.24, 2.45) is 0 Å². The number of amidine groups is 1. The van der Waals surface area contributed by atoms with Crippen molar-refractivity contribution in [3.8, 4) is 0 Å². The highest BCUT2D eigenvalue weighted by atomic mass is 15.3. The van der Waals surface area contributed by atoms with E-state index < -0.39 is 0 Å². The largest absolute Gasteiger partial charge is 0.346 e. The average molecular weight is 94.1 g/mol. The van der Waals surface area contributed by atoms with Gasteiger partial charge in [0.25, 0.3) is 0 Å². The Kier molecular flexibility index (Phi) is 0.340. The summed E-state index contributed by atoms with van der Waals surface area (Å²) in [5.41, 5.74) is 0. The molecular weight excluding hydrogens is 88.1 g/mol. The molecule has 0 saturated carbocycles. The highest BCUT2D eigenvalue weighted by Gasteiger charge is 2.36. The van der Waals surface area contributed by atoms with Gasteiger partial charge in [-0.05, 0) is 6.08 Å². The second-order valence-electron chi connectivity index (χ2n) is 1.96. The molecule has 1 atom stereocenters. The molecule has 2 aliphatic rings. The molecule has 0 aromatic carbocycles. The van der Waals surface area contributed by atoms with Crippen molar-refractivity contribution in [2.45, 2.75) is 6.04 Å². The second kappa shape index (κ2) is 0.735. The van der Waals surface area contributed by atoms with Crippen LogP contribution >= 0.6 is 0 Å². The fraction of sp³-hybridized carbons (Fsp3) is 0.400. The van der Waals surface area contributed by atoms with Crippen LogP contribution in [0.5, 0.6) is 0 Å². The predicted molar refractivity (Wildman–Crippen MR) is 27.4 cm³/mol. The van der Waals surface area contributed by atoms with E-state index in [9.17, 15) is 0 Å². The van der Waals surface area contributed by atoms with Crippen LogP contribution in [0.3, 0.4) is 0 Å². The van der Waals surface area contributed by atoms with Crippen molar-refractivity contribution in [1.82, 2.24) is 4.90 Å². The smallest absolute Gasteiger partial charge is 0.120 e. The summed E-state index contributed by atoms with van der Waals surface area (Å²) in [5.74, 6) is 0.685. The summed E-state index contributed by atoms with van der Waals surface area (Å²) in [6, 6.07) is 0.618. The maximum Gasteiger partial charge on any atom is 0.120 e. The summed E-state index contributed by atoms with van der Waals surface area (Å²) in [4.78, 5) is 2.04. The van der Waals surface area contributed by atoms with Crippen molar-refractivity contribution in [3.05, 3.63) is 12.2 Å². The molecule has 2 aliphatic heterocycles. The maximum absolute atomic E-state index is 7.14.